The molecule has 1 heterocycles. The lowest BCUT2D eigenvalue weighted by Gasteiger charge is -2.09. The van der Waals surface area contributed by atoms with Crippen LogP contribution in [-0.2, 0) is 6.54 Å². The van der Waals surface area contributed by atoms with Crippen molar-refractivity contribution in [3.63, 3.8) is 0 Å². The smallest absolute Gasteiger partial charge is 0.283 e. The van der Waals surface area contributed by atoms with Gasteiger partial charge in [-0.05, 0) is 41.1 Å². The van der Waals surface area contributed by atoms with Gasteiger partial charge in [0.15, 0.2) is 0 Å². The van der Waals surface area contributed by atoms with E-state index < -0.39 is 0 Å². The molecule has 6 heteroatoms. The quantitative estimate of drug-likeness (QED) is 0.854. The summed E-state index contributed by atoms with van der Waals surface area (Å²) in [5.74, 6) is 0. The average Bonchev–Trinajstić information content (AvgIpc) is 2.35. The molecule has 0 aliphatic rings. The molecule has 3 N–H and O–H groups in total. The maximum Gasteiger partial charge on any atom is 0.283 e. The number of nitrogen functional groups attached to an aromatic ring is 1. The number of rotatable bonds is 3. The molecule has 94 valence electrons. The van der Waals surface area contributed by atoms with Crippen molar-refractivity contribution < 1.29 is 0 Å². The third-order valence-electron chi connectivity index (χ3n) is 2.45. The van der Waals surface area contributed by atoms with Gasteiger partial charge in [-0.15, -0.1) is 0 Å². The summed E-state index contributed by atoms with van der Waals surface area (Å²) in [6.07, 6.45) is 1.61. The lowest BCUT2D eigenvalue weighted by atomic mass is 10.3. The molecule has 2 rings (SSSR count). The number of hydrogen-bond acceptors (Lipinski definition) is 4. The van der Waals surface area contributed by atoms with E-state index in [1.165, 1.54) is 4.68 Å². The number of nitrogens with zero attached hydrogens (tertiary/aromatic N) is 2. The number of halogens is 1. The van der Waals surface area contributed by atoms with Crippen molar-refractivity contribution in [2.24, 2.45) is 0 Å². The first-order valence-electron chi connectivity index (χ1n) is 5.50. The molecule has 0 atom stereocenters. The second kappa shape index (κ2) is 5.22. The monoisotopic (exact) mass is 308 g/mol. The molecule has 0 unspecified atom stereocenters. The van der Waals surface area contributed by atoms with Crippen LogP contribution in [0, 0.1) is 0 Å². The molecule has 18 heavy (non-hydrogen) atoms. The van der Waals surface area contributed by atoms with Gasteiger partial charge in [0.25, 0.3) is 5.56 Å². The minimum absolute atomic E-state index is 0.161. The molecule has 0 saturated carbocycles. The molecular weight excluding hydrogens is 296 g/mol. The van der Waals surface area contributed by atoms with Crippen molar-refractivity contribution >= 4 is 33.0 Å². The molecule has 0 amide bonds. The first kappa shape index (κ1) is 12.6. The Balaban J connectivity index is 2.36. The Kier molecular flexibility index (Phi) is 3.66. The Morgan fingerprint density at radius 3 is 2.94 bits per heavy atom. The van der Waals surface area contributed by atoms with E-state index in [-0.39, 0.29) is 5.56 Å². The van der Waals surface area contributed by atoms with E-state index in [1.807, 2.05) is 19.1 Å². The van der Waals surface area contributed by atoms with Crippen LogP contribution in [0.5, 0.6) is 0 Å². The van der Waals surface area contributed by atoms with Gasteiger partial charge < -0.3 is 11.1 Å². The predicted octanol–water partition coefficient (Wildman–Crippen LogP) is 2.35. The maximum atomic E-state index is 11.9. The Bertz CT molecular complexity index is 624. The van der Waals surface area contributed by atoms with E-state index in [9.17, 15) is 4.79 Å². The van der Waals surface area contributed by atoms with Gasteiger partial charge >= 0.3 is 0 Å². The average molecular weight is 309 g/mol. The van der Waals surface area contributed by atoms with Gasteiger partial charge in [0.1, 0.15) is 4.47 Å². The molecule has 0 saturated heterocycles. The van der Waals surface area contributed by atoms with Gasteiger partial charge in [0, 0.05) is 17.9 Å². The second-order valence-electron chi connectivity index (χ2n) is 3.74. The van der Waals surface area contributed by atoms with Gasteiger partial charge in [0.05, 0.1) is 11.9 Å². The fourth-order valence-corrected chi connectivity index (χ4v) is 1.96. The number of nitrogens with two attached hydrogens (primary N) is 1. The lowest BCUT2D eigenvalue weighted by Crippen LogP contribution is -2.23. The van der Waals surface area contributed by atoms with E-state index in [0.717, 1.165) is 5.69 Å². The van der Waals surface area contributed by atoms with E-state index >= 15 is 0 Å². The van der Waals surface area contributed by atoms with Crippen molar-refractivity contribution in [1.82, 2.24) is 9.78 Å². The molecule has 1 aromatic heterocycles. The zero-order valence-electron chi connectivity index (χ0n) is 9.85. The third kappa shape index (κ3) is 2.53. The zero-order valence-corrected chi connectivity index (χ0v) is 11.4. The number of aryl methyl sites for hydroxylation is 1. The Hall–Kier alpha value is -1.82. The van der Waals surface area contributed by atoms with Crippen LogP contribution in [0.2, 0.25) is 0 Å². The van der Waals surface area contributed by atoms with Crippen LogP contribution in [-0.4, -0.2) is 9.78 Å². The van der Waals surface area contributed by atoms with Crippen LogP contribution in [0.4, 0.5) is 17.1 Å². The minimum atomic E-state index is -0.161. The normalized spacial score (nSPS) is 10.3. The topological polar surface area (TPSA) is 72.9 Å². The number of aromatic nitrogens is 2. The molecule has 0 spiro atoms. The highest BCUT2D eigenvalue weighted by Gasteiger charge is 2.07. The van der Waals surface area contributed by atoms with Gasteiger partial charge in [0.2, 0.25) is 0 Å². The molecule has 0 fully saturated rings. The number of nitrogens with one attached hydrogen (secondary N) is 1. The largest absolute Gasteiger partial charge is 0.399 e. The fourth-order valence-electron chi connectivity index (χ4n) is 1.55. The van der Waals surface area contributed by atoms with Gasteiger partial charge in [-0.3, -0.25) is 4.79 Å². The van der Waals surface area contributed by atoms with Crippen LogP contribution in [0.15, 0.2) is 39.7 Å². The SMILES string of the molecule is CCn1ncc(Nc2cccc(N)c2)c(Br)c1=O. The van der Waals surface area contributed by atoms with Crippen molar-refractivity contribution in [2.75, 3.05) is 11.1 Å². The van der Waals surface area contributed by atoms with Crippen LogP contribution < -0.4 is 16.6 Å². The third-order valence-corrected chi connectivity index (χ3v) is 3.22. The molecular formula is C12H13BrN4O. The van der Waals surface area contributed by atoms with Crippen molar-refractivity contribution in [1.29, 1.82) is 0 Å². The molecule has 0 radical (unpaired) electrons. The zero-order chi connectivity index (χ0) is 13.1. The summed E-state index contributed by atoms with van der Waals surface area (Å²) in [5, 5.41) is 7.16. The summed E-state index contributed by atoms with van der Waals surface area (Å²) in [5.41, 5.74) is 7.62. The summed E-state index contributed by atoms with van der Waals surface area (Å²) < 4.78 is 1.84. The van der Waals surface area contributed by atoms with Crippen molar-refractivity contribution in [3.05, 3.63) is 45.3 Å². The van der Waals surface area contributed by atoms with E-state index in [0.29, 0.717) is 22.4 Å². The predicted molar refractivity (Wildman–Crippen MR) is 76.0 cm³/mol. The number of hydrogen-bond donors (Lipinski definition) is 2. The second-order valence-corrected chi connectivity index (χ2v) is 4.54. The fraction of sp³-hybridized carbons (Fsp3) is 0.167. The number of anilines is 3. The molecule has 5 nitrogen and oxygen atoms in total. The summed E-state index contributed by atoms with van der Waals surface area (Å²) in [6, 6.07) is 7.30. The Morgan fingerprint density at radius 1 is 1.50 bits per heavy atom. The van der Waals surface area contributed by atoms with Crippen molar-refractivity contribution in [2.45, 2.75) is 13.5 Å². The molecule has 0 bridgehead atoms. The standard InChI is InChI=1S/C12H13BrN4O/c1-2-17-12(18)11(13)10(7-15-17)16-9-5-3-4-8(14)6-9/h3-7,16H,2,14H2,1H3. The summed E-state index contributed by atoms with van der Waals surface area (Å²) in [4.78, 5) is 11.9. The summed E-state index contributed by atoms with van der Waals surface area (Å²) in [7, 11) is 0. The molecule has 0 aliphatic carbocycles. The highest BCUT2D eigenvalue weighted by atomic mass is 79.9. The van der Waals surface area contributed by atoms with Crippen LogP contribution in [0.25, 0.3) is 0 Å². The summed E-state index contributed by atoms with van der Waals surface area (Å²) in [6.45, 7) is 2.40. The maximum absolute atomic E-state index is 11.9. The van der Waals surface area contributed by atoms with E-state index in [2.05, 4.69) is 26.3 Å². The van der Waals surface area contributed by atoms with E-state index in [4.69, 9.17) is 5.73 Å². The summed E-state index contributed by atoms with van der Waals surface area (Å²) >= 11 is 3.28. The van der Waals surface area contributed by atoms with Crippen LogP contribution >= 0.6 is 15.9 Å². The lowest BCUT2D eigenvalue weighted by molar-refractivity contribution is 0.613. The minimum Gasteiger partial charge on any atom is -0.399 e. The van der Waals surface area contributed by atoms with Crippen LogP contribution in [0.1, 0.15) is 6.92 Å². The van der Waals surface area contributed by atoms with Gasteiger partial charge in [-0.2, -0.15) is 5.10 Å². The van der Waals surface area contributed by atoms with E-state index in [1.54, 1.807) is 18.3 Å². The Labute approximate surface area is 113 Å². The van der Waals surface area contributed by atoms with Gasteiger partial charge in [-0.1, -0.05) is 6.07 Å². The highest BCUT2D eigenvalue weighted by molar-refractivity contribution is 9.10. The molecule has 2 aromatic rings. The Morgan fingerprint density at radius 2 is 2.28 bits per heavy atom. The molecule has 1 aromatic carbocycles. The first-order chi connectivity index (χ1) is 8.61. The first-order valence-corrected chi connectivity index (χ1v) is 6.29. The molecule has 0 aliphatic heterocycles. The van der Waals surface area contributed by atoms with Crippen LogP contribution in [0.3, 0.4) is 0 Å². The van der Waals surface area contributed by atoms with Gasteiger partial charge in [-0.25, -0.2) is 4.68 Å². The van der Waals surface area contributed by atoms with Crippen molar-refractivity contribution in [3.8, 4) is 0 Å². The number of benzene rings is 1. The highest BCUT2D eigenvalue weighted by Crippen LogP contribution is 2.22.